The topological polar surface area (TPSA) is 19.0 Å². The molecule has 1 saturated heterocycles. The van der Waals surface area contributed by atoms with Crippen molar-refractivity contribution in [2.24, 2.45) is 0 Å². The Kier molecular flexibility index (Phi) is 3.08. The number of benzene rings is 1. The first kappa shape index (κ1) is 12.1. The largest absolute Gasteiger partial charge is 0.360 e. The van der Waals surface area contributed by atoms with Crippen molar-refractivity contribution < 1.29 is 0 Å². The average Bonchev–Trinajstić information content (AvgIpc) is 2.74. The number of rotatable bonds is 1. The Morgan fingerprint density at radius 1 is 1.28 bits per heavy atom. The molecule has 0 unspecified atom stereocenters. The molecular formula is C15H19ClN2. The maximum atomic E-state index is 6.30. The van der Waals surface area contributed by atoms with Crippen LogP contribution in [-0.2, 0) is 0 Å². The van der Waals surface area contributed by atoms with Gasteiger partial charge in [0.25, 0.3) is 0 Å². The van der Waals surface area contributed by atoms with Gasteiger partial charge in [-0.25, -0.2) is 0 Å². The number of likely N-dealkylation sites (tertiary alicyclic amines) is 1. The lowest BCUT2D eigenvalue weighted by atomic mass is 9.89. The van der Waals surface area contributed by atoms with Crippen LogP contribution < -0.4 is 0 Å². The summed E-state index contributed by atoms with van der Waals surface area (Å²) in [5, 5.41) is 2.15. The molecule has 0 bridgehead atoms. The number of hydrogen-bond acceptors (Lipinski definition) is 1. The first-order chi connectivity index (χ1) is 8.65. The lowest BCUT2D eigenvalue weighted by Crippen LogP contribution is -2.29. The van der Waals surface area contributed by atoms with Crippen LogP contribution >= 0.6 is 11.6 Å². The molecule has 2 nitrogen and oxygen atoms in total. The number of halogens is 1. The second-order valence-electron chi connectivity index (χ2n) is 5.49. The summed E-state index contributed by atoms with van der Waals surface area (Å²) in [6, 6.07) is 4.28. The SMILES string of the molecule is Cc1cc(Cl)c2[nH]cc(C3CCN(C)CC3)c2c1. The van der Waals surface area contributed by atoms with Crippen LogP contribution in [0.3, 0.4) is 0 Å². The Hall–Kier alpha value is -0.990. The minimum atomic E-state index is 0.674. The van der Waals surface area contributed by atoms with Crippen molar-refractivity contribution >= 4 is 22.5 Å². The number of nitrogens with one attached hydrogen (secondary N) is 1. The van der Waals surface area contributed by atoms with Gasteiger partial charge in [-0.3, -0.25) is 0 Å². The van der Waals surface area contributed by atoms with E-state index < -0.39 is 0 Å². The van der Waals surface area contributed by atoms with E-state index in [9.17, 15) is 0 Å². The van der Waals surface area contributed by atoms with Crippen molar-refractivity contribution in [3.05, 3.63) is 34.5 Å². The van der Waals surface area contributed by atoms with E-state index in [2.05, 4.69) is 36.1 Å². The van der Waals surface area contributed by atoms with Gasteiger partial charge >= 0.3 is 0 Å². The first-order valence-electron chi connectivity index (χ1n) is 6.61. The lowest BCUT2D eigenvalue weighted by Gasteiger charge is -2.28. The summed E-state index contributed by atoms with van der Waals surface area (Å²) in [6.07, 6.45) is 4.65. The van der Waals surface area contributed by atoms with E-state index in [0.29, 0.717) is 5.92 Å². The number of nitrogens with zero attached hydrogens (tertiary/aromatic N) is 1. The third-order valence-corrected chi connectivity index (χ3v) is 4.37. The molecule has 1 aliphatic rings. The molecule has 3 heteroatoms. The van der Waals surface area contributed by atoms with Crippen molar-refractivity contribution in [1.29, 1.82) is 0 Å². The van der Waals surface area contributed by atoms with Crippen molar-refractivity contribution in [2.45, 2.75) is 25.7 Å². The summed E-state index contributed by atoms with van der Waals surface area (Å²) in [4.78, 5) is 5.75. The van der Waals surface area contributed by atoms with Crippen LogP contribution in [0.5, 0.6) is 0 Å². The molecule has 0 amide bonds. The highest BCUT2D eigenvalue weighted by Gasteiger charge is 2.21. The molecule has 1 fully saturated rings. The van der Waals surface area contributed by atoms with Gasteiger partial charge < -0.3 is 9.88 Å². The summed E-state index contributed by atoms with van der Waals surface area (Å²) in [6.45, 7) is 4.49. The molecular weight excluding hydrogens is 244 g/mol. The zero-order valence-corrected chi connectivity index (χ0v) is 11.7. The van der Waals surface area contributed by atoms with Crippen LogP contribution in [0.2, 0.25) is 5.02 Å². The number of piperidine rings is 1. The van der Waals surface area contributed by atoms with Gasteiger partial charge in [-0.2, -0.15) is 0 Å². The summed E-state index contributed by atoms with van der Waals surface area (Å²) < 4.78 is 0. The Morgan fingerprint density at radius 3 is 2.72 bits per heavy atom. The highest BCUT2D eigenvalue weighted by molar-refractivity contribution is 6.35. The van der Waals surface area contributed by atoms with Crippen LogP contribution in [0.4, 0.5) is 0 Å². The molecule has 96 valence electrons. The fraction of sp³-hybridized carbons (Fsp3) is 0.467. The second kappa shape index (κ2) is 4.60. The van der Waals surface area contributed by atoms with E-state index in [-0.39, 0.29) is 0 Å². The predicted octanol–water partition coefficient (Wildman–Crippen LogP) is 3.94. The van der Waals surface area contributed by atoms with E-state index in [1.165, 1.54) is 42.4 Å². The molecule has 0 saturated carbocycles. The number of H-pyrrole nitrogens is 1. The van der Waals surface area contributed by atoms with Gasteiger partial charge in [-0.15, -0.1) is 0 Å². The highest BCUT2D eigenvalue weighted by Crippen LogP contribution is 2.35. The number of fused-ring (bicyclic) bond motifs is 1. The molecule has 1 aromatic heterocycles. The number of aromatic nitrogens is 1. The fourth-order valence-corrected chi connectivity index (χ4v) is 3.33. The monoisotopic (exact) mass is 262 g/mol. The molecule has 18 heavy (non-hydrogen) atoms. The maximum absolute atomic E-state index is 6.30. The molecule has 1 aliphatic heterocycles. The van der Waals surface area contributed by atoms with Crippen molar-refractivity contribution in [3.8, 4) is 0 Å². The van der Waals surface area contributed by atoms with E-state index in [1.54, 1.807) is 0 Å². The molecule has 0 aliphatic carbocycles. The van der Waals surface area contributed by atoms with E-state index in [1.807, 2.05) is 6.07 Å². The van der Waals surface area contributed by atoms with Crippen LogP contribution in [0.15, 0.2) is 18.3 Å². The third kappa shape index (κ3) is 2.04. The van der Waals surface area contributed by atoms with Crippen molar-refractivity contribution in [1.82, 2.24) is 9.88 Å². The van der Waals surface area contributed by atoms with Gasteiger partial charge in [0.1, 0.15) is 0 Å². The van der Waals surface area contributed by atoms with Crippen molar-refractivity contribution in [3.63, 3.8) is 0 Å². The van der Waals surface area contributed by atoms with Gasteiger partial charge in [0, 0.05) is 11.6 Å². The number of aromatic amines is 1. The first-order valence-corrected chi connectivity index (χ1v) is 6.98. The van der Waals surface area contributed by atoms with E-state index in [0.717, 1.165) is 10.5 Å². The maximum Gasteiger partial charge on any atom is 0.0649 e. The Balaban J connectivity index is 2.02. The fourth-order valence-electron chi connectivity index (χ4n) is 3.00. The smallest absolute Gasteiger partial charge is 0.0649 e. The molecule has 2 heterocycles. The molecule has 0 radical (unpaired) electrons. The molecule has 0 atom stereocenters. The molecule has 1 aromatic carbocycles. The van der Waals surface area contributed by atoms with Gasteiger partial charge in [-0.1, -0.05) is 11.6 Å². The highest BCUT2D eigenvalue weighted by atomic mass is 35.5. The summed E-state index contributed by atoms with van der Waals surface area (Å²) in [7, 11) is 2.20. The van der Waals surface area contributed by atoms with Gasteiger partial charge in [0.15, 0.2) is 0 Å². The van der Waals surface area contributed by atoms with Crippen LogP contribution in [0.25, 0.3) is 10.9 Å². The Morgan fingerprint density at radius 2 is 2.00 bits per heavy atom. The second-order valence-corrected chi connectivity index (χ2v) is 5.90. The number of aryl methyl sites for hydroxylation is 1. The minimum absolute atomic E-state index is 0.674. The van der Waals surface area contributed by atoms with Gasteiger partial charge in [0.2, 0.25) is 0 Å². The molecule has 3 rings (SSSR count). The van der Waals surface area contributed by atoms with Crippen molar-refractivity contribution in [2.75, 3.05) is 20.1 Å². The van der Waals surface area contributed by atoms with Gasteiger partial charge in [0.05, 0.1) is 10.5 Å². The summed E-state index contributed by atoms with van der Waals surface area (Å²) in [5.41, 5.74) is 3.78. The normalized spacial score (nSPS) is 18.6. The quantitative estimate of drug-likeness (QED) is 0.825. The Labute approximate surface area is 113 Å². The summed E-state index contributed by atoms with van der Waals surface area (Å²) in [5.74, 6) is 0.674. The predicted molar refractivity (Wildman–Crippen MR) is 77.5 cm³/mol. The molecule has 1 N–H and O–H groups in total. The average molecular weight is 263 g/mol. The van der Waals surface area contributed by atoms with Crippen LogP contribution in [0, 0.1) is 6.92 Å². The standard InChI is InChI=1S/C15H19ClN2/c1-10-7-12-13(9-17-15(12)14(16)8-10)11-3-5-18(2)6-4-11/h7-9,11,17H,3-6H2,1-2H3. The molecule has 2 aromatic rings. The Bertz CT molecular complexity index is 565. The van der Waals surface area contributed by atoms with E-state index in [4.69, 9.17) is 11.6 Å². The van der Waals surface area contributed by atoms with Crippen LogP contribution in [0.1, 0.15) is 29.9 Å². The van der Waals surface area contributed by atoms with Gasteiger partial charge in [-0.05, 0) is 69.1 Å². The lowest BCUT2D eigenvalue weighted by molar-refractivity contribution is 0.256. The summed E-state index contributed by atoms with van der Waals surface area (Å²) >= 11 is 6.30. The zero-order valence-electron chi connectivity index (χ0n) is 11.0. The van der Waals surface area contributed by atoms with E-state index >= 15 is 0 Å². The zero-order chi connectivity index (χ0) is 12.7. The third-order valence-electron chi connectivity index (χ3n) is 4.08. The minimum Gasteiger partial charge on any atom is -0.360 e. The number of hydrogen-bond donors (Lipinski definition) is 1. The molecule has 0 spiro atoms. The van der Waals surface area contributed by atoms with Crippen LogP contribution in [-0.4, -0.2) is 30.0 Å².